The first-order valence-electron chi connectivity index (χ1n) is 7.43. The maximum Gasteiger partial charge on any atom is 0.224 e. The summed E-state index contributed by atoms with van der Waals surface area (Å²) in [5.74, 6) is 0.622. The van der Waals surface area contributed by atoms with Crippen molar-refractivity contribution in [3.63, 3.8) is 0 Å². The summed E-state index contributed by atoms with van der Waals surface area (Å²) in [4.78, 5) is 12.5. The molecule has 3 rings (SSSR count). The highest BCUT2D eigenvalue weighted by atomic mass is 35.5. The summed E-state index contributed by atoms with van der Waals surface area (Å²) in [6.45, 7) is 0.613. The minimum Gasteiger partial charge on any atom is -0.346 e. The fourth-order valence-corrected chi connectivity index (χ4v) is 3.58. The normalized spacial score (nSPS) is 26.0. The Morgan fingerprint density at radius 1 is 1.38 bits per heavy atom. The molecule has 0 aliphatic heterocycles. The van der Waals surface area contributed by atoms with Gasteiger partial charge < -0.3 is 11.1 Å². The van der Waals surface area contributed by atoms with Gasteiger partial charge in [-0.25, -0.2) is 0 Å². The third-order valence-electron chi connectivity index (χ3n) is 4.79. The lowest BCUT2D eigenvalue weighted by molar-refractivity contribution is -0.127. The van der Waals surface area contributed by atoms with Gasteiger partial charge in [0.2, 0.25) is 5.91 Å². The van der Waals surface area contributed by atoms with Crippen molar-refractivity contribution in [1.82, 2.24) is 5.32 Å². The van der Waals surface area contributed by atoms with Crippen molar-refractivity contribution in [3.8, 4) is 0 Å². The molecule has 2 aliphatic carbocycles. The van der Waals surface area contributed by atoms with Crippen LogP contribution in [0.25, 0.3) is 0 Å². The number of carbonyl (C=O) groups excluding carboxylic acids is 1. The molecule has 2 saturated carbocycles. The molecule has 0 radical (unpaired) electrons. The highest BCUT2D eigenvalue weighted by Gasteiger charge is 2.47. The maximum atomic E-state index is 12.5. The summed E-state index contributed by atoms with van der Waals surface area (Å²) in [7, 11) is 0. The number of nitrogens with two attached hydrogens (primary N) is 1. The van der Waals surface area contributed by atoms with Crippen molar-refractivity contribution in [3.05, 3.63) is 34.9 Å². The summed E-state index contributed by atoms with van der Waals surface area (Å²) < 4.78 is 0. The van der Waals surface area contributed by atoms with E-state index in [-0.39, 0.29) is 29.8 Å². The van der Waals surface area contributed by atoms with Gasteiger partial charge in [0.05, 0.1) is 5.54 Å². The molecular formula is C16H22Cl2N2O. The van der Waals surface area contributed by atoms with Gasteiger partial charge in [-0.1, -0.05) is 30.2 Å². The molecule has 116 valence electrons. The zero-order valence-corrected chi connectivity index (χ0v) is 13.6. The van der Waals surface area contributed by atoms with Gasteiger partial charge in [0.15, 0.2) is 0 Å². The van der Waals surface area contributed by atoms with E-state index >= 15 is 0 Å². The molecule has 5 heteroatoms. The predicted octanol–water partition coefficient (Wildman–Crippen LogP) is 3.24. The van der Waals surface area contributed by atoms with Gasteiger partial charge in [-0.2, -0.15) is 0 Å². The van der Waals surface area contributed by atoms with Gasteiger partial charge in [0.25, 0.3) is 0 Å². The standard InChI is InChI=1S/C16H21ClN2O.ClH/c17-13-5-2-4-12(9-13)16(7-8-16)19-15(20)14-6-1-3-11(14)10-18;/h2,4-5,9,11,14H,1,3,6-8,10,18H2,(H,19,20);1H/t11-,14-;/m1./s1. The number of hydrogen-bond donors (Lipinski definition) is 2. The van der Waals surface area contributed by atoms with Gasteiger partial charge in [-0.05, 0) is 55.8 Å². The van der Waals surface area contributed by atoms with Crippen molar-refractivity contribution >= 4 is 29.9 Å². The van der Waals surface area contributed by atoms with Crippen LogP contribution in [0.15, 0.2) is 24.3 Å². The SMILES string of the molecule is Cl.NC[C@H]1CCC[C@H]1C(=O)NC1(c2cccc(Cl)c2)CC1. The van der Waals surface area contributed by atoms with Crippen molar-refractivity contribution in [2.75, 3.05) is 6.54 Å². The first-order chi connectivity index (χ1) is 9.64. The Labute approximate surface area is 137 Å². The summed E-state index contributed by atoms with van der Waals surface area (Å²) in [5, 5.41) is 3.99. The van der Waals surface area contributed by atoms with Crippen LogP contribution in [0, 0.1) is 11.8 Å². The quantitative estimate of drug-likeness (QED) is 0.891. The number of carbonyl (C=O) groups is 1. The van der Waals surface area contributed by atoms with Crippen LogP contribution in [0.5, 0.6) is 0 Å². The summed E-state index contributed by atoms with van der Waals surface area (Å²) in [6, 6.07) is 7.82. The average Bonchev–Trinajstić information content (AvgIpc) is 3.06. The van der Waals surface area contributed by atoms with Gasteiger partial charge in [-0.3, -0.25) is 4.79 Å². The zero-order chi connectivity index (χ0) is 14.2. The molecule has 0 heterocycles. The second-order valence-electron chi connectivity index (χ2n) is 6.11. The molecule has 0 saturated heterocycles. The largest absolute Gasteiger partial charge is 0.346 e. The van der Waals surface area contributed by atoms with Crippen LogP contribution in [-0.2, 0) is 10.3 Å². The molecule has 0 spiro atoms. The van der Waals surface area contributed by atoms with Gasteiger partial charge in [0.1, 0.15) is 0 Å². The lowest BCUT2D eigenvalue weighted by Gasteiger charge is -2.23. The molecule has 2 fully saturated rings. The first kappa shape index (κ1) is 16.6. The molecule has 0 aromatic heterocycles. The van der Waals surface area contributed by atoms with Crippen LogP contribution in [0.2, 0.25) is 5.02 Å². The molecule has 1 aromatic rings. The Hall–Kier alpha value is -0.770. The Kier molecular flexibility index (Phi) is 5.18. The minimum absolute atomic E-state index is 0. The highest BCUT2D eigenvalue weighted by molar-refractivity contribution is 6.30. The lowest BCUT2D eigenvalue weighted by atomic mass is 9.94. The zero-order valence-electron chi connectivity index (χ0n) is 12.0. The van der Waals surface area contributed by atoms with Crippen LogP contribution in [0.3, 0.4) is 0 Å². The Morgan fingerprint density at radius 3 is 2.76 bits per heavy atom. The topological polar surface area (TPSA) is 55.1 Å². The van der Waals surface area contributed by atoms with Crippen LogP contribution in [0.1, 0.15) is 37.7 Å². The molecule has 1 aromatic carbocycles. The molecule has 0 bridgehead atoms. The van der Waals surface area contributed by atoms with Crippen molar-refractivity contribution in [1.29, 1.82) is 0 Å². The lowest BCUT2D eigenvalue weighted by Crippen LogP contribution is -2.41. The Morgan fingerprint density at radius 2 is 2.14 bits per heavy atom. The molecule has 2 atom stereocenters. The number of benzene rings is 1. The third kappa shape index (κ3) is 3.36. The minimum atomic E-state index is -0.177. The van der Waals surface area contributed by atoms with Crippen molar-refractivity contribution in [2.24, 2.45) is 17.6 Å². The monoisotopic (exact) mass is 328 g/mol. The van der Waals surface area contributed by atoms with E-state index < -0.39 is 0 Å². The van der Waals surface area contributed by atoms with E-state index in [1.165, 1.54) is 0 Å². The van der Waals surface area contributed by atoms with E-state index in [2.05, 4.69) is 5.32 Å². The van der Waals surface area contributed by atoms with E-state index in [0.717, 1.165) is 42.7 Å². The van der Waals surface area contributed by atoms with Crippen LogP contribution < -0.4 is 11.1 Å². The Bertz CT molecular complexity index is 517. The van der Waals surface area contributed by atoms with E-state index in [1.54, 1.807) is 0 Å². The van der Waals surface area contributed by atoms with Crippen LogP contribution in [-0.4, -0.2) is 12.5 Å². The smallest absolute Gasteiger partial charge is 0.224 e. The number of amides is 1. The predicted molar refractivity (Wildman–Crippen MR) is 87.6 cm³/mol. The van der Waals surface area contributed by atoms with E-state index in [9.17, 15) is 4.79 Å². The van der Waals surface area contributed by atoms with E-state index in [0.29, 0.717) is 12.5 Å². The molecular weight excluding hydrogens is 307 g/mol. The molecule has 0 unspecified atom stereocenters. The third-order valence-corrected chi connectivity index (χ3v) is 5.02. The second-order valence-corrected chi connectivity index (χ2v) is 6.55. The fraction of sp³-hybridized carbons (Fsp3) is 0.562. The Balaban J connectivity index is 0.00000161. The van der Waals surface area contributed by atoms with E-state index in [4.69, 9.17) is 17.3 Å². The summed E-state index contributed by atoms with van der Waals surface area (Å²) in [5.41, 5.74) is 6.72. The summed E-state index contributed by atoms with van der Waals surface area (Å²) in [6.07, 6.45) is 5.17. The van der Waals surface area contributed by atoms with Crippen LogP contribution in [0.4, 0.5) is 0 Å². The second kappa shape index (κ2) is 6.55. The van der Waals surface area contributed by atoms with Gasteiger partial charge in [-0.15, -0.1) is 12.4 Å². The molecule has 3 nitrogen and oxygen atoms in total. The average molecular weight is 329 g/mol. The van der Waals surface area contributed by atoms with Crippen LogP contribution >= 0.6 is 24.0 Å². The fourth-order valence-electron chi connectivity index (χ4n) is 3.39. The van der Waals surface area contributed by atoms with Gasteiger partial charge in [0, 0.05) is 10.9 Å². The first-order valence-corrected chi connectivity index (χ1v) is 7.80. The molecule has 3 N–H and O–H groups in total. The highest BCUT2D eigenvalue weighted by Crippen LogP contribution is 2.46. The summed E-state index contributed by atoms with van der Waals surface area (Å²) >= 11 is 6.06. The number of nitrogens with one attached hydrogen (secondary N) is 1. The maximum absolute atomic E-state index is 12.5. The number of hydrogen-bond acceptors (Lipinski definition) is 2. The molecule has 1 amide bonds. The molecule has 2 aliphatic rings. The van der Waals surface area contributed by atoms with E-state index in [1.807, 2.05) is 24.3 Å². The van der Waals surface area contributed by atoms with Gasteiger partial charge >= 0.3 is 0 Å². The number of halogens is 2. The van der Waals surface area contributed by atoms with Crippen molar-refractivity contribution in [2.45, 2.75) is 37.6 Å². The van der Waals surface area contributed by atoms with Crippen molar-refractivity contribution < 1.29 is 4.79 Å². The molecule has 21 heavy (non-hydrogen) atoms. The number of rotatable bonds is 4.